The van der Waals surface area contributed by atoms with E-state index >= 15 is 0 Å². The second kappa shape index (κ2) is 28.7. The Morgan fingerprint density at radius 2 is 0.670 bits per heavy atom. The van der Waals surface area contributed by atoms with Gasteiger partial charge in [-0.15, -0.1) is 0 Å². The van der Waals surface area contributed by atoms with Crippen LogP contribution in [0.5, 0.6) is 0 Å². The van der Waals surface area contributed by atoms with Crippen LogP contribution in [-0.2, 0) is 21.7 Å². The zero-order valence-corrected chi connectivity index (χ0v) is 64.5. The van der Waals surface area contributed by atoms with Crippen molar-refractivity contribution in [2.75, 3.05) is 9.80 Å². The number of unbranched alkanes of at least 4 members (excludes halogenated alkanes) is 16. The van der Waals surface area contributed by atoms with Crippen molar-refractivity contribution in [3.8, 4) is 44.5 Å². The Labute approximate surface area is 631 Å². The maximum absolute atomic E-state index is 7.62. The standard InChI is InChI=1S/C102H108N2O2/c1-9-13-17-21-37-61-101(62-38-22-18-14-10-2)82-48-34-31-45-76(82)95-97(101)96-93(94-79-47-33-36-50-89(79)106-98(94)95)77-58-56-74(66-87(77)102(96,63-39-23-19-15-11-3)64-40-24-20-16-12-4)104(72-53-51-71(52-54-72)103(69-41-27-25-28-42-69)70-43-29-26-30-44-70)73-55-57-75-80-67-86-81(68-85(80)100(7,8)84(75)65-73)91-83(99(86,5)6)59-60-90-92(91)78-46-32-35-49-88(78)105-90/h25-36,41-60,65-68H,9-24,37-40,61-64H2,1-8H3. The van der Waals surface area contributed by atoms with Crippen LogP contribution in [0.15, 0.2) is 227 Å². The van der Waals surface area contributed by atoms with E-state index in [2.05, 4.69) is 284 Å². The van der Waals surface area contributed by atoms with Crippen LogP contribution in [0.2, 0.25) is 0 Å². The summed E-state index contributed by atoms with van der Waals surface area (Å²) < 4.78 is 14.2. The Balaban J connectivity index is 0.898. The molecule has 11 aromatic carbocycles. The second-order valence-electron chi connectivity index (χ2n) is 33.1. The van der Waals surface area contributed by atoms with E-state index in [0.717, 1.165) is 70.8 Å². The highest BCUT2D eigenvalue weighted by atomic mass is 16.3. The zero-order valence-electron chi connectivity index (χ0n) is 64.5. The quantitative estimate of drug-likeness (QED) is 0.0420. The Morgan fingerprint density at radius 3 is 1.25 bits per heavy atom. The number of hydrogen-bond acceptors (Lipinski definition) is 4. The van der Waals surface area contributed by atoms with Crippen molar-refractivity contribution in [3.63, 3.8) is 0 Å². The van der Waals surface area contributed by atoms with Crippen molar-refractivity contribution in [2.24, 2.45) is 0 Å². The molecule has 4 nitrogen and oxygen atoms in total. The number of anilines is 6. The van der Waals surface area contributed by atoms with Crippen molar-refractivity contribution in [3.05, 3.63) is 263 Å². The SMILES string of the molecule is CCCCCCCC1(CCCCCCC)c2ccccc2-c2c1c1c(c3c2oc2ccccc23)-c2ccc(N(c3ccc(N(c4ccccc4)c4ccccc4)cc3)c3ccc4c(c3)C(C)(C)c3cc5c(cc3-4)C(C)(C)c3ccc4oc6ccccc6c4c3-5)cc2C1(CCCCCCC)CCCCCCC. The van der Waals surface area contributed by atoms with E-state index in [1.54, 1.807) is 16.7 Å². The highest BCUT2D eigenvalue weighted by molar-refractivity contribution is 6.21. The Kier molecular flexibility index (Phi) is 18.9. The maximum Gasteiger partial charge on any atom is 0.144 e. The molecule has 0 saturated heterocycles. The fourth-order valence-electron chi connectivity index (χ4n) is 20.7. The largest absolute Gasteiger partial charge is 0.456 e. The van der Waals surface area contributed by atoms with Crippen LogP contribution in [-0.4, -0.2) is 0 Å². The van der Waals surface area contributed by atoms with Crippen LogP contribution < -0.4 is 9.80 Å². The summed E-state index contributed by atoms with van der Waals surface area (Å²) in [5.74, 6) is 0. The minimum Gasteiger partial charge on any atom is -0.456 e. The van der Waals surface area contributed by atoms with Crippen molar-refractivity contribution in [1.82, 2.24) is 0 Å². The van der Waals surface area contributed by atoms with Crippen LogP contribution in [0.1, 0.15) is 254 Å². The van der Waals surface area contributed by atoms with Gasteiger partial charge in [-0.1, -0.05) is 299 Å². The van der Waals surface area contributed by atoms with Crippen LogP contribution >= 0.6 is 0 Å². The highest BCUT2D eigenvalue weighted by Gasteiger charge is 2.54. The molecule has 0 atom stereocenters. The first-order valence-corrected chi connectivity index (χ1v) is 41.3. The number of rotatable bonds is 30. The number of furan rings is 2. The number of nitrogens with zero attached hydrogens (tertiary/aromatic N) is 2. The minimum atomic E-state index is -0.324. The van der Waals surface area contributed by atoms with E-state index in [-0.39, 0.29) is 21.7 Å². The molecule has 0 radical (unpaired) electrons. The first-order chi connectivity index (χ1) is 51.9. The Bertz CT molecular complexity index is 5320. The molecule has 0 saturated carbocycles. The van der Waals surface area contributed by atoms with Crippen molar-refractivity contribution in [1.29, 1.82) is 0 Å². The van der Waals surface area contributed by atoms with Crippen LogP contribution in [0.4, 0.5) is 34.1 Å². The summed E-state index contributed by atoms with van der Waals surface area (Å²) in [5.41, 5.74) is 32.8. The summed E-state index contributed by atoms with van der Waals surface area (Å²) in [7, 11) is 0. The number of para-hydroxylation sites is 4. The van der Waals surface area contributed by atoms with E-state index < -0.39 is 0 Å². The molecule has 17 rings (SSSR count). The van der Waals surface area contributed by atoms with Gasteiger partial charge in [0.1, 0.15) is 22.3 Å². The van der Waals surface area contributed by atoms with Gasteiger partial charge in [-0.25, -0.2) is 0 Å². The molecule has 2 heterocycles. The van der Waals surface area contributed by atoms with Gasteiger partial charge in [0.15, 0.2) is 0 Å². The molecule has 106 heavy (non-hydrogen) atoms. The summed E-state index contributed by atoms with van der Waals surface area (Å²) in [6.45, 7) is 19.3. The molecule has 538 valence electrons. The summed E-state index contributed by atoms with van der Waals surface area (Å²) in [6.07, 6.45) is 29.6. The molecule has 2 aromatic heterocycles. The fraction of sp³-hybridized carbons (Fsp3) is 0.353. The predicted octanol–water partition coefficient (Wildman–Crippen LogP) is 31.0. The molecule has 0 fully saturated rings. The minimum absolute atomic E-state index is 0.169. The molecule has 0 spiro atoms. The summed E-state index contributed by atoms with van der Waals surface area (Å²) in [5, 5.41) is 4.98. The third-order valence-electron chi connectivity index (χ3n) is 26.0. The topological polar surface area (TPSA) is 32.8 Å². The molecule has 0 aliphatic heterocycles. The van der Waals surface area contributed by atoms with Crippen molar-refractivity contribution < 1.29 is 8.83 Å². The van der Waals surface area contributed by atoms with Gasteiger partial charge in [-0.05, 0) is 212 Å². The van der Waals surface area contributed by atoms with Crippen LogP contribution in [0.25, 0.3) is 88.4 Å². The van der Waals surface area contributed by atoms with Crippen molar-refractivity contribution >= 4 is 78.0 Å². The summed E-state index contributed by atoms with van der Waals surface area (Å²) >= 11 is 0. The van der Waals surface area contributed by atoms with E-state index in [0.29, 0.717) is 0 Å². The normalized spacial score (nSPS) is 14.9. The van der Waals surface area contributed by atoms with Gasteiger partial charge >= 0.3 is 0 Å². The van der Waals surface area contributed by atoms with Crippen LogP contribution in [0, 0.1) is 0 Å². The van der Waals surface area contributed by atoms with Crippen molar-refractivity contribution in [2.45, 2.75) is 231 Å². The predicted molar refractivity (Wildman–Crippen MR) is 451 cm³/mol. The smallest absolute Gasteiger partial charge is 0.144 e. The molecule has 0 unspecified atom stereocenters. The highest BCUT2D eigenvalue weighted by Crippen LogP contribution is 2.68. The van der Waals surface area contributed by atoms with E-state index in [1.165, 1.54) is 234 Å². The lowest BCUT2D eigenvalue weighted by Crippen LogP contribution is -2.33. The molecular weight excluding hydrogens is 1290 g/mol. The molecule has 13 aromatic rings. The van der Waals surface area contributed by atoms with Gasteiger partial charge in [0, 0.05) is 82.9 Å². The first-order valence-electron chi connectivity index (χ1n) is 41.3. The number of benzene rings is 11. The summed E-state index contributed by atoms with van der Waals surface area (Å²) in [4.78, 5) is 5.05. The first kappa shape index (κ1) is 69.7. The zero-order chi connectivity index (χ0) is 72.3. The lowest BCUT2D eigenvalue weighted by Gasteiger charge is -2.40. The lowest BCUT2D eigenvalue weighted by molar-refractivity contribution is 0.369. The summed E-state index contributed by atoms with van der Waals surface area (Å²) in [6, 6.07) is 84.0. The second-order valence-corrected chi connectivity index (χ2v) is 33.1. The van der Waals surface area contributed by atoms with Gasteiger partial charge in [-0.2, -0.15) is 0 Å². The van der Waals surface area contributed by atoms with Gasteiger partial charge in [0.05, 0.1) is 0 Å². The number of fused-ring (bicyclic) bond motifs is 22. The Morgan fingerprint density at radius 1 is 0.264 bits per heavy atom. The monoisotopic (exact) mass is 1390 g/mol. The molecule has 0 N–H and O–H groups in total. The van der Waals surface area contributed by atoms with Crippen LogP contribution in [0.3, 0.4) is 0 Å². The van der Waals surface area contributed by atoms with E-state index in [1.807, 2.05) is 0 Å². The van der Waals surface area contributed by atoms with Gasteiger partial charge in [-0.3, -0.25) is 0 Å². The average molecular weight is 1390 g/mol. The molecule has 4 heteroatoms. The molecule has 4 aliphatic carbocycles. The van der Waals surface area contributed by atoms with E-state index in [9.17, 15) is 0 Å². The maximum atomic E-state index is 7.62. The Hall–Kier alpha value is -9.38. The van der Waals surface area contributed by atoms with Gasteiger partial charge in [0.2, 0.25) is 0 Å². The molecule has 4 aliphatic rings. The molecule has 0 amide bonds. The average Bonchev–Trinajstić information content (AvgIpc) is 1.48. The third kappa shape index (κ3) is 11.5. The van der Waals surface area contributed by atoms with Gasteiger partial charge in [0.25, 0.3) is 0 Å². The third-order valence-corrected chi connectivity index (χ3v) is 26.0. The molecule has 0 bridgehead atoms. The lowest BCUT2D eigenvalue weighted by atomic mass is 9.62. The molecular formula is C102H108N2O2. The number of hydrogen-bond donors (Lipinski definition) is 0. The van der Waals surface area contributed by atoms with Gasteiger partial charge < -0.3 is 18.6 Å². The van der Waals surface area contributed by atoms with E-state index in [4.69, 9.17) is 8.83 Å². The fourth-order valence-corrected chi connectivity index (χ4v) is 20.7.